The summed E-state index contributed by atoms with van der Waals surface area (Å²) in [4.78, 5) is 11.3. The van der Waals surface area contributed by atoms with Crippen LogP contribution in [0.25, 0.3) is 11.3 Å². The van der Waals surface area contributed by atoms with Crippen molar-refractivity contribution >= 4 is 23.4 Å². The number of anilines is 1. The van der Waals surface area contributed by atoms with E-state index in [4.69, 9.17) is 16.3 Å². The SMILES string of the molecule is Cc1cc(CNc2cc(-c3ccc(Cl)cc3)nn2C)ccc1OC(C)(C)C(=O)O. The first-order valence-electron chi connectivity index (χ1n) is 9.21. The van der Waals surface area contributed by atoms with Crippen LogP contribution in [-0.4, -0.2) is 26.5 Å². The third-order valence-corrected chi connectivity index (χ3v) is 4.86. The second kappa shape index (κ2) is 8.17. The molecule has 3 rings (SSSR count). The van der Waals surface area contributed by atoms with Crippen LogP contribution in [0.1, 0.15) is 25.0 Å². The van der Waals surface area contributed by atoms with Crippen LogP contribution >= 0.6 is 11.6 Å². The number of nitrogens with one attached hydrogen (secondary N) is 1. The van der Waals surface area contributed by atoms with Crippen molar-refractivity contribution in [1.29, 1.82) is 0 Å². The van der Waals surface area contributed by atoms with Crippen molar-refractivity contribution in [3.63, 3.8) is 0 Å². The molecule has 0 radical (unpaired) electrons. The number of benzene rings is 2. The van der Waals surface area contributed by atoms with Gasteiger partial charge in [0.25, 0.3) is 0 Å². The van der Waals surface area contributed by atoms with E-state index >= 15 is 0 Å². The van der Waals surface area contributed by atoms with Crippen LogP contribution in [0.2, 0.25) is 5.02 Å². The fourth-order valence-electron chi connectivity index (χ4n) is 2.84. The first-order chi connectivity index (χ1) is 13.7. The quantitative estimate of drug-likeness (QED) is 0.576. The molecule has 6 nitrogen and oxygen atoms in total. The van der Waals surface area contributed by atoms with E-state index in [2.05, 4.69) is 10.4 Å². The molecule has 0 atom stereocenters. The molecule has 2 aromatic carbocycles. The van der Waals surface area contributed by atoms with Crippen molar-refractivity contribution < 1.29 is 14.6 Å². The third-order valence-electron chi connectivity index (χ3n) is 4.61. The normalized spacial score (nSPS) is 11.3. The zero-order valence-electron chi connectivity index (χ0n) is 16.9. The number of aryl methyl sites for hydroxylation is 2. The highest BCUT2D eigenvalue weighted by Crippen LogP contribution is 2.26. The number of rotatable bonds is 7. The molecule has 7 heteroatoms. The minimum Gasteiger partial charge on any atom is -0.478 e. The highest BCUT2D eigenvalue weighted by Gasteiger charge is 2.29. The Balaban J connectivity index is 1.69. The topological polar surface area (TPSA) is 76.4 Å². The molecule has 152 valence electrons. The van der Waals surface area contributed by atoms with Crippen molar-refractivity contribution in [3.05, 3.63) is 64.7 Å². The van der Waals surface area contributed by atoms with Gasteiger partial charge in [-0.2, -0.15) is 5.10 Å². The minimum absolute atomic E-state index is 0.562. The van der Waals surface area contributed by atoms with E-state index in [1.165, 1.54) is 13.8 Å². The molecule has 0 fully saturated rings. The van der Waals surface area contributed by atoms with Gasteiger partial charge < -0.3 is 15.2 Å². The molecule has 0 amide bonds. The standard InChI is InChI=1S/C22H24ClN3O3/c1-14-11-15(5-10-19(14)29-22(2,3)21(27)28)13-24-20-12-18(25-26(20)4)16-6-8-17(23)9-7-16/h5-12,24H,13H2,1-4H3,(H,27,28). The van der Waals surface area contributed by atoms with Crippen LogP contribution in [0.4, 0.5) is 5.82 Å². The van der Waals surface area contributed by atoms with Gasteiger partial charge in [-0.05, 0) is 50.1 Å². The summed E-state index contributed by atoms with van der Waals surface area (Å²) in [6, 6.07) is 15.3. The number of carbonyl (C=O) groups is 1. The molecule has 29 heavy (non-hydrogen) atoms. The molecule has 3 aromatic rings. The lowest BCUT2D eigenvalue weighted by molar-refractivity contribution is -0.152. The summed E-state index contributed by atoms with van der Waals surface area (Å²) in [5.74, 6) is 0.446. The lowest BCUT2D eigenvalue weighted by Gasteiger charge is -2.23. The molecular weight excluding hydrogens is 390 g/mol. The Hall–Kier alpha value is -2.99. The Morgan fingerprint density at radius 2 is 1.90 bits per heavy atom. The van der Waals surface area contributed by atoms with Crippen LogP contribution in [0.15, 0.2) is 48.5 Å². The predicted octanol–water partition coefficient (Wildman–Crippen LogP) is 4.90. The maximum absolute atomic E-state index is 11.3. The van der Waals surface area contributed by atoms with E-state index in [9.17, 15) is 9.90 Å². The van der Waals surface area contributed by atoms with Gasteiger partial charge >= 0.3 is 5.97 Å². The Morgan fingerprint density at radius 3 is 2.52 bits per heavy atom. The Kier molecular flexibility index (Phi) is 5.84. The smallest absolute Gasteiger partial charge is 0.347 e. The number of halogens is 1. The van der Waals surface area contributed by atoms with E-state index in [0.717, 1.165) is 28.2 Å². The summed E-state index contributed by atoms with van der Waals surface area (Å²) < 4.78 is 7.44. The predicted molar refractivity (Wildman–Crippen MR) is 115 cm³/mol. The molecule has 0 spiro atoms. The summed E-state index contributed by atoms with van der Waals surface area (Å²) in [7, 11) is 1.89. The van der Waals surface area contributed by atoms with Crippen molar-refractivity contribution in [2.24, 2.45) is 7.05 Å². The van der Waals surface area contributed by atoms with Crippen LogP contribution in [0.5, 0.6) is 5.75 Å². The molecule has 0 aliphatic rings. The maximum Gasteiger partial charge on any atom is 0.347 e. The molecule has 1 heterocycles. The third kappa shape index (κ3) is 4.90. The molecule has 0 bridgehead atoms. The molecule has 0 unspecified atom stereocenters. The minimum atomic E-state index is -1.28. The van der Waals surface area contributed by atoms with Crippen molar-refractivity contribution in [2.45, 2.75) is 32.9 Å². The molecule has 0 saturated heterocycles. The summed E-state index contributed by atoms with van der Waals surface area (Å²) in [6.07, 6.45) is 0. The highest BCUT2D eigenvalue weighted by atomic mass is 35.5. The van der Waals surface area contributed by atoms with Crippen LogP contribution in [0, 0.1) is 6.92 Å². The molecule has 0 saturated carbocycles. The fourth-order valence-corrected chi connectivity index (χ4v) is 2.97. The van der Waals surface area contributed by atoms with Gasteiger partial charge in [-0.3, -0.25) is 4.68 Å². The largest absolute Gasteiger partial charge is 0.478 e. The van der Waals surface area contributed by atoms with Gasteiger partial charge in [0.15, 0.2) is 5.60 Å². The lowest BCUT2D eigenvalue weighted by atomic mass is 10.1. The van der Waals surface area contributed by atoms with Crippen molar-refractivity contribution in [3.8, 4) is 17.0 Å². The molecular formula is C22H24ClN3O3. The summed E-state index contributed by atoms with van der Waals surface area (Å²) >= 11 is 5.95. The molecule has 0 aliphatic heterocycles. The van der Waals surface area contributed by atoms with Crippen molar-refractivity contribution in [1.82, 2.24) is 9.78 Å². The number of hydrogen-bond donors (Lipinski definition) is 2. The van der Waals surface area contributed by atoms with Gasteiger partial charge in [0.1, 0.15) is 11.6 Å². The summed E-state index contributed by atoms with van der Waals surface area (Å²) in [5.41, 5.74) is 2.51. The Morgan fingerprint density at radius 1 is 1.21 bits per heavy atom. The molecule has 2 N–H and O–H groups in total. The number of carboxylic acids is 1. The maximum atomic E-state index is 11.3. The van der Waals surface area contributed by atoms with Gasteiger partial charge in [0.05, 0.1) is 5.69 Å². The van der Waals surface area contributed by atoms with Gasteiger partial charge in [-0.25, -0.2) is 4.79 Å². The van der Waals surface area contributed by atoms with Crippen LogP contribution in [0.3, 0.4) is 0 Å². The zero-order valence-corrected chi connectivity index (χ0v) is 17.6. The van der Waals surface area contributed by atoms with E-state index in [1.54, 1.807) is 10.7 Å². The average Bonchev–Trinajstić information content (AvgIpc) is 3.03. The first-order valence-corrected chi connectivity index (χ1v) is 9.59. The number of carboxylic acid groups (broad SMARTS) is 1. The van der Waals surface area contributed by atoms with Gasteiger partial charge in [-0.1, -0.05) is 35.9 Å². The number of hydrogen-bond acceptors (Lipinski definition) is 4. The van der Waals surface area contributed by atoms with Crippen LogP contribution in [-0.2, 0) is 18.4 Å². The second-order valence-corrected chi connectivity index (χ2v) is 7.85. The zero-order chi connectivity index (χ0) is 21.2. The average molecular weight is 414 g/mol. The van der Waals surface area contributed by atoms with Gasteiger partial charge in [0, 0.05) is 30.2 Å². The van der Waals surface area contributed by atoms with Crippen LogP contribution < -0.4 is 10.1 Å². The number of aliphatic carboxylic acids is 1. The summed E-state index contributed by atoms with van der Waals surface area (Å²) in [5, 5.41) is 17.9. The molecule has 0 aliphatic carbocycles. The number of ether oxygens (including phenoxy) is 1. The number of nitrogens with zero attached hydrogens (tertiary/aromatic N) is 2. The summed E-state index contributed by atoms with van der Waals surface area (Å²) in [6.45, 7) is 5.57. The van der Waals surface area contributed by atoms with E-state index < -0.39 is 11.6 Å². The van der Waals surface area contributed by atoms with E-state index in [1.807, 2.05) is 56.4 Å². The van der Waals surface area contributed by atoms with Gasteiger partial charge in [0.2, 0.25) is 0 Å². The Bertz CT molecular complexity index is 1030. The molecule has 1 aromatic heterocycles. The first kappa shape index (κ1) is 20.7. The second-order valence-electron chi connectivity index (χ2n) is 7.42. The van der Waals surface area contributed by atoms with E-state index in [-0.39, 0.29) is 0 Å². The Labute approximate surface area is 175 Å². The van der Waals surface area contributed by atoms with E-state index in [0.29, 0.717) is 17.3 Å². The fraction of sp³-hybridized carbons (Fsp3) is 0.273. The van der Waals surface area contributed by atoms with Gasteiger partial charge in [-0.15, -0.1) is 0 Å². The van der Waals surface area contributed by atoms with Crippen molar-refractivity contribution in [2.75, 3.05) is 5.32 Å². The highest BCUT2D eigenvalue weighted by molar-refractivity contribution is 6.30. The monoisotopic (exact) mass is 413 g/mol. The lowest BCUT2D eigenvalue weighted by Crippen LogP contribution is -2.38. The number of aromatic nitrogens is 2.